The van der Waals surface area contributed by atoms with Crippen molar-refractivity contribution in [1.29, 1.82) is 0 Å². The average molecular weight is 247 g/mol. The number of carbonyl (C=O) groups is 1. The molecular formula is C16H25NO. The van der Waals surface area contributed by atoms with Gasteiger partial charge in [0.25, 0.3) is 0 Å². The van der Waals surface area contributed by atoms with Crippen LogP contribution in [0.15, 0.2) is 6.07 Å². The Morgan fingerprint density at radius 2 is 2.06 bits per heavy atom. The number of aromatic nitrogens is 1. The summed E-state index contributed by atoms with van der Waals surface area (Å²) in [6.07, 6.45) is 4.07. The quantitative estimate of drug-likeness (QED) is 0.780. The van der Waals surface area contributed by atoms with Gasteiger partial charge in [-0.3, -0.25) is 4.79 Å². The van der Waals surface area contributed by atoms with Crippen LogP contribution in [0.5, 0.6) is 0 Å². The molecule has 0 aromatic carbocycles. The Kier molecular flexibility index (Phi) is 3.39. The largest absolute Gasteiger partial charge is 0.345 e. The monoisotopic (exact) mass is 247 g/mol. The number of nitrogens with zero attached hydrogens (tertiary/aromatic N) is 1. The number of fused-ring (bicyclic) bond motifs is 1. The molecule has 100 valence electrons. The minimum Gasteiger partial charge on any atom is -0.345 e. The summed E-state index contributed by atoms with van der Waals surface area (Å²) in [5.41, 5.74) is 3.61. The van der Waals surface area contributed by atoms with Gasteiger partial charge in [0.1, 0.15) is 0 Å². The zero-order valence-electron chi connectivity index (χ0n) is 12.3. The molecule has 1 heterocycles. The molecule has 0 aliphatic heterocycles. The van der Waals surface area contributed by atoms with Gasteiger partial charge < -0.3 is 4.57 Å². The first kappa shape index (κ1) is 13.4. The third-order valence-electron chi connectivity index (χ3n) is 4.07. The molecule has 18 heavy (non-hydrogen) atoms. The van der Waals surface area contributed by atoms with Crippen LogP contribution < -0.4 is 0 Å². The van der Waals surface area contributed by atoms with Gasteiger partial charge in [0.05, 0.1) is 0 Å². The number of ketones is 1. The lowest BCUT2D eigenvalue weighted by Gasteiger charge is -2.31. The standard InChI is InChI=1S/C16H25NO/c1-6-7-11(2)17-12(3)8-13-14(17)9-16(4,5)10-15(13)18/h8,11H,6-7,9-10H2,1-5H3. The van der Waals surface area contributed by atoms with Crippen molar-refractivity contribution in [2.24, 2.45) is 5.41 Å². The van der Waals surface area contributed by atoms with Crippen LogP contribution in [0, 0.1) is 12.3 Å². The van der Waals surface area contributed by atoms with E-state index in [0.29, 0.717) is 18.2 Å². The van der Waals surface area contributed by atoms with Crippen molar-refractivity contribution in [3.63, 3.8) is 0 Å². The molecule has 2 nitrogen and oxygen atoms in total. The lowest BCUT2D eigenvalue weighted by molar-refractivity contribution is 0.0909. The second-order valence-corrected chi connectivity index (χ2v) is 6.59. The molecule has 0 fully saturated rings. The molecule has 1 aromatic rings. The number of hydrogen-bond acceptors (Lipinski definition) is 1. The highest BCUT2D eigenvalue weighted by atomic mass is 16.1. The maximum atomic E-state index is 12.2. The Hall–Kier alpha value is -1.05. The van der Waals surface area contributed by atoms with Gasteiger partial charge in [-0.15, -0.1) is 0 Å². The highest BCUT2D eigenvalue weighted by Gasteiger charge is 2.34. The lowest BCUT2D eigenvalue weighted by atomic mass is 9.76. The van der Waals surface area contributed by atoms with Crippen LogP contribution in [0.3, 0.4) is 0 Å². The van der Waals surface area contributed by atoms with E-state index >= 15 is 0 Å². The topological polar surface area (TPSA) is 22.0 Å². The third kappa shape index (κ3) is 2.25. The Morgan fingerprint density at radius 1 is 1.39 bits per heavy atom. The molecule has 2 rings (SSSR count). The van der Waals surface area contributed by atoms with Crippen LogP contribution in [-0.2, 0) is 6.42 Å². The van der Waals surface area contributed by atoms with Crippen molar-refractivity contribution in [3.05, 3.63) is 23.0 Å². The fourth-order valence-electron chi connectivity index (χ4n) is 3.33. The summed E-state index contributed by atoms with van der Waals surface area (Å²) in [6, 6.07) is 2.60. The molecule has 1 atom stereocenters. The summed E-state index contributed by atoms with van der Waals surface area (Å²) < 4.78 is 2.40. The number of aryl methyl sites for hydroxylation is 1. The summed E-state index contributed by atoms with van der Waals surface area (Å²) in [4.78, 5) is 12.2. The Bertz CT molecular complexity index is 468. The summed E-state index contributed by atoms with van der Waals surface area (Å²) >= 11 is 0. The SMILES string of the molecule is CCCC(C)n1c(C)cc2c1CC(C)(C)CC2=O. The molecule has 1 aromatic heterocycles. The van der Waals surface area contributed by atoms with E-state index in [4.69, 9.17) is 0 Å². The van der Waals surface area contributed by atoms with Gasteiger partial charge in [0.2, 0.25) is 0 Å². The van der Waals surface area contributed by atoms with E-state index in [-0.39, 0.29) is 5.41 Å². The van der Waals surface area contributed by atoms with E-state index in [0.717, 1.165) is 12.0 Å². The fraction of sp³-hybridized carbons (Fsp3) is 0.688. The Morgan fingerprint density at radius 3 is 2.67 bits per heavy atom. The van der Waals surface area contributed by atoms with E-state index in [2.05, 4.69) is 45.3 Å². The van der Waals surface area contributed by atoms with Crippen molar-refractivity contribution < 1.29 is 4.79 Å². The maximum absolute atomic E-state index is 12.2. The Balaban J connectivity index is 2.47. The van der Waals surface area contributed by atoms with E-state index in [1.54, 1.807) is 0 Å². The number of hydrogen-bond donors (Lipinski definition) is 0. The smallest absolute Gasteiger partial charge is 0.165 e. The van der Waals surface area contributed by atoms with Gasteiger partial charge in [-0.25, -0.2) is 0 Å². The van der Waals surface area contributed by atoms with Gasteiger partial charge >= 0.3 is 0 Å². The molecule has 0 spiro atoms. The zero-order chi connectivity index (χ0) is 13.5. The molecule has 1 unspecified atom stereocenters. The van der Waals surface area contributed by atoms with Crippen LogP contribution in [0.4, 0.5) is 0 Å². The van der Waals surface area contributed by atoms with Crippen LogP contribution in [0.1, 0.15) is 74.7 Å². The van der Waals surface area contributed by atoms with Crippen molar-refractivity contribution in [3.8, 4) is 0 Å². The minimum atomic E-state index is 0.110. The number of Topliss-reactive ketones (excluding diaryl/α,β-unsaturated/α-hetero) is 1. The summed E-state index contributed by atoms with van der Waals surface area (Å²) in [5.74, 6) is 0.326. The van der Waals surface area contributed by atoms with E-state index in [1.807, 2.05) is 0 Å². The predicted molar refractivity (Wildman–Crippen MR) is 75.2 cm³/mol. The Labute approximate surface area is 110 Å². The molecule has 1 aliphatic carbocycles. The molecule has 0 saturated carbocycles. The van der Waals surface area contributed by atoms with E-state index in [9.17, 15) is 4.79 Å². The number of rotatable bonds is 3. The summed E-state index contributed by atoms with van der Waals surface area (Å²) in [5, 5.41) is 0. The van der Waals surface area contributed by atoms with Crippen molar-refractivity contribution in [2.75, 3.05) is 0 Å². The second-order valence-electron chi connectivity index (χ2n) is 6.59. The highest BCUT2D eigenvalue weighted by Crippen LogP contribution is 2.37. The first-order chi connectivity index (χ1) is 8.35. The normalized spacial score (nSPS) is 19.7. The molecule has 0 radical (unpaired) electrons. The van der Waals surface area contributed by atoms with Gasteiger partial charge in [-0.05, 0) is 38.2 Å². The molecule has 2 heteroatoms. The first-order valence-electron chi connectivity index (χ1n) is 7.09. The predicted octanol–water partition coefficient (Wildman–Crippen LogP) is 4.31. The lowest BCUT2D eigenvalue weighted by Crippen LogP contribution is -2.28. The summed E-state index contributed by atoms with van der Waals surface area (Å²) in [6.45, 7) is 11.0. The van der Waals surface area contributed by atoms with Crippen LogP contribution in [0.2, 0.25) is 0 Å². The zero-order valence-corrected chi connectivity index (χ0v) is 12.3. The minimum absolute atomic E-state index is 0.110. The van der Waals surface area contributed by atoms with Crippen molar-refractivity contribution in [2.45, 2.75) is 66.3 Å². The summed E-state index contributed by atoms with van der Waals surface area (Å²) in [7, 11) is 0. The van der Waals surface area contributed by atoms with Crippen LogP contribution in [0.25, 0.3) is 0 Å². The van der Waals surface area contributed by atoms with Crippen molar-refractivity contribution in [1.82, 2.24) is 4.57 Å². The van der Waals surface area contributed by atoms with E-state index in [1.165, 1.54) is 24.2 Å². The first-order valence-corrected chi connectivity index (χ1v) is 7.09. The van der Waals surface area contributed by atoms with Gasteiger partial charge in [0, 0.05) is 29.4 Å². The van der Waals surface area contributed by atoms with Crippen LogP contribution in [-0.4, -0.2) is 10.4 Å². The molecule has 0 saturated heterocycles. The maximum Gasteiger partial charge on any atom is 0.165 e. The third-order valence-corrected chi connectivity index (χ3v) is 4.07. The molecule has 0 bridgehead atoms. The van der Waals surface area contributed by atoms with Gasteiger partial charge in [0.15, 0.2) is 5.78 Å². The second kappa shape index (κ2) is 4.56. The molecule has 0 amide bonds. The molecule has 0 N–H and O–H groups in total. The highest BCUT2D eigenvalue weighted by molar-refractivity contribution is 5.99. The van der Waals surface area contributed by atoms with Gasteiger partial charge in [-0.2, -0.15) is 0 Å². The van der Waals surface area contributed by atoms with E-state index < -0.39 is 0 Å². The van der Waals surface area contributed by atoms with Crippen LogP contribution >= 0.6 is 0 Å². The van der Waals surface area contributed by atoms with Crippen molar-refractivity contribution >= 4 is 5.78 Å². The number of carbonyl (C=O) groups excluding carboxylic acids is 1. The molecule has 1 aliphatic rings. The fourth-order valence-corrected chi connectivity index (χ4v) is 3.33. The van der Waals surface area contributed by atoms with Gasteiger partial charge in [-0.1, -0.05) is 27.2 Å². The average Bonchev–Trinajstić information content (AvgIpc) is 2.53. The molecular weight excluding hydrogens is 222 g/mol.